The topological polar surface area (TPSA) is 110 Å². The molecule has 6 nitrogen and oxygen atoms in total. The van der Waals surface area contributed by atoms with Crippen LogP contribution in [0.4, 0.5) is 0 Å². The van der Waals surface area contributed by atoms with Gasteiger partial charge in [-0.05, 0) is 74.9 Å². The molecule has 0 spiro atoms. The van der Waals surface area contributed by atoms with Gasteiger partial charge < -0.3 is 15.5 Å². The van der Waals surface area contributed by atoms with Crippen molar-refractivity contribution in [3.05, 3.63) is 55.7 Å². The van der Waals surface area contributed by atoms with Gasteiger partial charge in [0.1, 0.15) is 0 Å². The number of thiophene rings is 1. The maximum Gasteiger partial charge on any atom is 0.469 e. The monoisotopic (exact) mass is 493 g/mol. The van der Waals surface area contributed by atoms with Gasteiger partial charge in [0, 0.05) is 26.9 Å². The van der Waals surface area contributed by atoms with E-state index in [1.807, 2.05) is 24.3 Å². The summed E-state index contributed by atoms with van der Waals surface area (Å²) in [6, 6.07) is 9.18. The molecular weight excluding hydrogens is 468 g/mol. The van der Waals surface area contributed by atoms with Gasteiger partial charge >= 0.3 is 7.82 Å². The summed E-state index contributed by atoms with van der Waals surface area (Å²) in [5.74, 6) is 0.107. The first-order valence-electron chi connectivity index (χ1n) is 9.49. The third kappa shape index (κ3) is 9.58. The number of hydrogen-bond acceptors (Lipinski definition) is 5. The average molecular weight is 494 g/mol. The van der Waals surface area contributed by atoms with E-state index in [1.165, 1.54) is 11.3 Å². The van der Waals surface area contributed by atoms with E-state index in [2.05, 4.69) is 4.52 Å². The Bertz CT molecular complexity index is 892. The maximum atomic E-state index is 12.4. The predicted molar refractivity (Wildman–Crippen MR) is 122 cm³/mol. The number of nitrogens with two attached hydrogens (primary N) is 1. The number of ketones is 1. The Kier molecular flexibility index (Phi) is 9.53. The number of hydrogen-bond donors (Lipinski definition) is 3. The van der Waals surface area contributed by atoms with Gasteiger partial charge in [-0.15, -0.1) is 11.3 Å². The minimum absolute atomic E-state index is 0.107. The van der Waals surface area contributed by atoms with Gasteiger partial charge in [0.2, 0.25) is 0 Å². The SMILES string of the molecule is CC(N)(CCc1ccc(C(=O)CCCCc2cc(Cl)cc(Cl)c2)s1)COP(=O)(O)O. The Balaban J connectivity index is 1.75. The maximum absolute atomic E-state index is 12.4. The lowest BCUT2D eigenvalue weighted by molar-refractivity contribution is 0.0983. The molecule has 30 heavy (non-hydrogen) atoms. The van der Waals surface area contributed by atoms with Crippen LogP contribution in [0.15, 0.2) is 30.3 Å². The third-order valence-corrected chi connectivity index (χ3v) is 6.57. The van der Waals surface area contributed by atoms with E-state index in [0.717, 1.165) is 29.7 Å². The van der Waals surface area contributed by atoms with Gasteiger partial charge in [0.05, 0.1) is 11.5 Å². The largest absolute Gasteiger partial charge is 0.469 e. The van der Waals surface area contributed by atoms with Crippen molar-refractivity contribution in [3.63, 3.8) is 0 Å². The molecule has 2 aromatic rings. The van der Waals surface area contributed by atoms with Gasteiger partial charge in [-0.25, -0.2) is 4.57 Å². The van der Waals surface area contributed by atoms with Gasteiger partial charge in [-0.1, -0.05) is 23.2 Å². The van der Waals surface area contributed by atoms with Crippen LogP contribution in [0.5, 0.6) is 0 Å². The Morgan fingerprint density at radius 1 is 1.17 bits per heavy atom. The molecule has 1 aromatic heterocycles. The summed E-state index contributed by atoms with van der Waals surface area (Å²) in [5, 5.41) is 1.23. The van der Waals surface area contributed by atoms with Crippen molar-refractivity contribution in [1.29, 1.82) is 0 Å². The summed E-state index contributed by atoms with van der Waals surface area (Å²) < 4.78 is 15.3. The Hall–Kier alpha value is -0.760. The van der Waals surface area contributed by atoms with Crippen molar-refractivity contribution < 1.29 is 23.7 Å². The van der Waals surface area contributed by atoms with Crippen molar-refractivity contribution in [2.75, 3.05) is 6.61 Å². The first-order valence-corrected chi connectivity index (χ1v) is 12.6. The molecule has 10 heteroatoms. The lowest BCUT2D eigenvalue weighted by atomic mass is 9.98. The van der Waals surface area contributed by atoms with Gasteiger partial charge in [0.25, 0.3) is 0 Å². The standard InChI is InChI=1S/C20H26Cl2NO5PS/c1-20(23,13-28-29(25,26)27)9-8-17-6-7-19(30-17)18(24)5-3-2-4-14-10-15(21)12-16(22)11-14/h6-7,10-12H,2-5,8-9,13,23H2,1H3,(H2,25,26,27). The summed E-state index contributed by atoms with van der Waals surface area (Å²) in [6.45, 7) is 1.43. The van der Waals surface area contributed by atoms with E-state index in [0.29, 0.717) is 34.2 Å². The summed E-state index contributed by atoms with van der Waals surface area (Å²) in [6.07, 6.45) is 4.00. The highest BCUT2D eigenvalue weighted by Gasteiger charge is 2.24. The molecule has 4 N–H and O–H groups in total. The number of halogens is 2. The number of unbranched alkanes of at least 4 members (excludes halogenated alkanes) is 1. The second-order valence-electron chi connectivity index (χ2n) is 7.59. The molecular formula is C20H26Cl2NO5PS. The van der Waals surface area contributed by atoms with E-state index >= 15 is 0 Å². The average Bonchev–Trinajstić information content (AvgIpc) is 3.10. The molecule has 0 fully saturated rings. The number of Topliss-reactive ketones (excluding diaryl/α,β-unsaturated/α-hetero) is 1. The van der Waals surface area contributed by atoms with Crippen molar-refractivity contribution in [3.8, 4) is 0 Å². The van der Waals surface area contributed by atoms with E-state index in [4.69, 9.17) is 38.7 Å². The first-order chi connectivity index (χ1) is 13.9. The molecule has 166 valence electrons. The van der Waals surface area contributed by atoms with Crippen LogP contribution < -0.4 is 5.73 Å². The quantitative estimate of drug-likeness (QED) is 0.207. The third-order valence-electron chi connectivity index (χ3n) is 4.48. The fourth-order valence-electron chi connectivity index (χ4n) is 2.87. The van der Waals surface area contributed by atoms with Crippen molar-refractivity contribution >= 4 is 48.1 Å². The zero-order valence-corrected chi connectivity index (χ0v) is 19.9. The van der Waals surface area contributed by atoms with Crippen LogP contribution in [0, 0.1) is 0 Å². The van der Waals surface area contributed by atoms with Crippen LogP contribution in [0.1, 0.15) is 52.7 Å². The Morgan fingerprint density at radius 3 is 2.47 bits per heavy atom. The minimum Gasteiger partial charge on any atom is -0.323 e. The van der Waals surface area contributed by atoms with E-state index < -0.39 is 13.4 Å². The van der Waals surface area contributed by atoms with Gasteiger partial charge in [0.15, 0.2) is 5.78 Å². The normalized spacial score (nSPS) is 13.9. The second-order valence-corrected chi connectivity index (χ2v) is 10.9. The molecule has 0 radical (unpaired) electrons. The lowest BCUT2D eigenvalue weighted by Gasteiger charge is -2.24. The summed E-state index contributed by atoms with van der Waals surface area (Å²) in [4.78, 5) is 31.7. The zero-order chi connectivity index (χ0) is 22.4. The van der Waals surface area contributed by atoms with E-state index in [9.17, 15) is 9.36 Å². The van der Waals surface area contributed by atoms with Crippen LogP contribution in [0.25, 0.3) is 0 Å². The van der Waals surface area contributed by atoms with Crippen LogP contribution in [-0.4, -0.2) is 27.7 Å². The predicted octanol–water partition coefficient (Wildman–Crippen LogP) is 5.41. The number of benzene rings is 1. The molecule has 0 aliphatic heterocycles. The summed E-state index contributed by atoms with van der Waals surface area (Å²) >= 11 is 13.4. The van der Waals surface area contributed by atoms with Crippen LogP contribution in [0.2, 0.25) is 10.0 Å². The van der Waals surface area contributed by atoms with Crippen molar-refractivity contribution in [2.45, 2.75) is 51.0 Å². The highest BCUT2D eigenvalue weighted by molar-refractivity contribution is 7.46. The van der Waals surface area contributed by atoms with Crippen LogP contribution in [-0.2, 0) is 21.9 Å². The molecule has 0 saturated carbocycles. The number of carbonyl (C=O) groups excluding carboxylic acids is 1. The van der Waals surface area contributed by atoms with Crippen LogP contribution in [0.3, 0.4) is 0 Å². The molecule has 1 aromatic carbocycles. The highest BCUT2D eigenvalue weighted by atomic mass is 35.5. The minimum atomic E-state index is -4.54. The molecule has 0 amide bonds. The molecule has 0 aliphatic carbocycles. The Morgan fingerprint density at radius 2 is 1.83 bits per heavy atom. The second kappa shape index (κ2) is 11.2. The summed E-state index contributed by atoms with van der Waals surface area (Å²) in [7, 11) is -4.54. The molecule has 0 aliphatic rings. The van der Waals surface area contributed by atoms with Crippen LogP contribution >= 0.6 is 42.4 Å². The molecule has 1 atom stereocenters. The first kappa shape index (κ1) is 25.5. The molecule has 2 rings (SSSR count). The number of carbonyl (C=O) groups is 1. The zero-order valence-electron chi connectivity index (χ0n) is 16.6. The number of rotatable bonds is 12. The molecule has 1 unspecified atom stereocenters. The molecule has 1 heterocycles. The lowest BCUT2D eigenvalue weighted by Crippen LogP contribution is -2.41. The number of phosphoric acid groups is 1. The Labute approximate surface area is 190 Å². The summed E-state index contributed by atoms with van der Waals surface area (Å²) in [5.41, 5.74) is 6.22. The molecule has 0 saturated heterocycles. The fraction of sp³-hybridized carbons (Fsp3) is 0.450. The van der Waals surface area contributed by atoms with Gasteiger partial charge in [-0.3, -0.25) is 9.32 Å². The van der Waals surface area contributed by atoms with E-state index in [-0.39, 0.29) is 12.4 Å². The van der Waals surface area contributed by atoms with Crippen molar-refractivity contribution in [2.24, 2.45) is 5.73 Å². The van der Waals surface area contributed by atoms with Crippen molar-refractivity contribution in [1.82, 2.24) is 0 Å². The highest BCUT2D eigenvalue weighted by Crippen LogP contribution is 2.37. The smallest absolute Gasteiger partial charge is 0.323 e. The molecule has 0 bridgehead atoms. The van der Waals surface area contributed by atoms with E-state index in [1.54, 1.807) is 13.0 Å². The number of aryl methyl sites for hydroxylation is 2. The van der Waals surface area contributed by atoms with Gasteiger partial charge in [-0.2, -0.15) is 0 Å². The number of phosphoric ester groups is 1. The fourth-order valence-corrected chi connectivity index (χ4v) is 4.88.